The van der Waals surface area contributed by atoms with E-state index in [0.717, 1.165) is 24.0 Å². The van der Waals surface area contributed by atoms with Crippen molar-refractivity contribution in [3.63, 3.8) is 0 Å². The van der Waals surface area contributed by atoms with Gasteiger partial charge in [0.25, 0.3) is 0 Å². The standard InChI is InChI=1S/C16H27BrN2/c1-3-5-11-19(12-6-4-2)16-13-15(17)8-7-14(16)9-10-18/h7-8,13H,3-6,9-12,18H2,1-2H3. The second-order valence-corrected chi connectivity index (χ2v) is 5.92. The Hall–Kier alpha value is -0.540. The molecule has 0 heterocycles. The summed E-state index contributed by atoms with van der Waals surface area (Å²) in [5.41, 5.74) is 8.47. The minimum absolute atomic E-state index is 0.712. The van der Waals surface area contributed by atoms with Crippen LogP contribution in [0.3, 0.4) is 0 Å². The van der Waals surface area contributed by atoms with Crippen molar-refractivity contribution < 1.29 is 0 Å². The van der Waals surface area contributed by atoms with Crippen LogP contribution in [0.25, 0.3) is 0 Å². The molecule has 1 rings (SSSR count). The summed E-state index contributed by atoms with van der Waals surface area (Å²) in [5, 5.41) is 0. The molecule has 0 aromatic heterocycles. The van der Waals surface area contributed by atoms with Crippen molar-refractivity contribution in [3.8, 4) is 0 Å². The Morgan fingerprint density at radius 1 is 1.11 bits per heavy atom. The first-order chi connectivity index (χ1) is 9.22. The first-order valence-corrected chi connectivity index (χ1v) is 8.25. The Bertz CT molecular complexity index is 358. The summed E-state index contributed by atoms with van der Waals surface area (Å²) in [6.45, 7) is 7.50. The summed E-state index contributed by atoms with van der Waals surface area (Å²) in [5.74, 6) is 0. The predicted molar refractivity (Wildman–Crippen MR) is 88.9 cm³/mol. The average molecular weight is 327 g/mol. The maximum absolute atomic E-state index is 5.74. The quantitative estimate of drug-likeness (QED) is 0.730. The maximum Gasteiger partial charge on any atom is 0.0410 e. The first kappa shape index (κ1) is 16.5. The number of rotatable bonds is 9. The number of nitrogens with zero attached hydrogens (tertiary/aromatic N) is 1. The van der Waals surface area contributed by atoms with E-state index in [-0.39, 0.29) is 0 Å². The van der Waals surface area contributed by atoms with Gasteiger partial charge in [-0.2, -0.15) is 0 Å². The second-order valence-electron chi connectivity index (χ2n) is 5.01. The molecule has 0 aliphatic carbocycles. The van der Waals surface area contributed by atoms with Gasteiger partial charge in [-0.1, -0.05) is 48.7 Å². The lowest BCUT2D eigenvalue weighted by Crippen LogP contribution is -2.27. The van der Waals surface area contributed by atoms with Gasteiger partial charge in [0.1, 0.15) is 0 Å². The van der Waals surface area contributed by atoms with Crippen LogP contribution in [0.5, 0.6) is 0 Å². The molecule has 2 N–H and O–H groups in total. The Morgan fingerprint density at radius 3 is 2.26 bits per heavy atom. The van der Waals surface area contributed by atoms with Crippen LogP contribution in [0.1, 0.15) is 45.1 Å². The SMILES string of the molecule is CCCCN(CCCC)c1cc(Br)ccc1CCN. The molecule has 0 amide bonds. The normalized spacial score (nSPS) is 10.7. The van der Waals surface area contributed by atoms with Gasteiger partial charge in [0.05, 0.1) is 0 Å². The molecule has 2 nitrogen and oxygen atoms in total. The third-order valence-corrected chi connectivity index (χ3v) is 3.86. The molecule has 0 unspecified atom stereocenters. The van der Waals surface area contributed by atoms with E-state index in [0.29, 0.717) is 6.54 Å². The third-order valence-electron chi connectivity index (χ3n) is 3.36. The lowest BCUT2D eigenvalue weighted by atomic mass is 10.1. The lowest BCUT2D eigenvalue weighted by Gasteiger charge is -2.27. The Balaban J connectivity index is 2.93. The van der Waals surface area contributed by atoms with E-state index in [4.69, 9.17) is 5.73 Å². The van der Waals surface area contributed by atoms with Crippen molar-refractivity contribution in [3.05, 3.63) is 28.2 Å². The largest absolute Gasteiger partial charge is 0.371 e. The number of halogens is 1. The van der Waals surface area contributed by atoms with Gasteiger partial charge in [0, 0.05) is 23.2 Å². The van der Waals surface area contributed by atoms with Crippen LogP contribution in [0.15, 0.2) is 22.7 Å². The zero-order chi connectivity index (χ0) is 14.1. The molecule has 0 spiro atoms. The van der Waals surface area contributed by atoms with Gasteiger partial charge in [0.2, 0.25) is 0 Å². The fraction of sp³-hybridized carbons (Fsp3) is 0.625. The number of anilines is 1. The minimum Gasteiger partial charge on any atom is -0.371 e. The highest BCUT2D eigenvalue weighted by molar-refractivity contribution is 9.10. The van der Waals surface area contributed by atoms with Crippen LogP contribution >= 0.6 is 15.9 Å². The average Bonchev–Trinajstić information content (AvgIpc) is 2.41. The van der Waals surface area contributed by atoms with Crippen LogP contribution in [0.4, 0.5) is 5.69 Å². The molecular weight excluding hydrogens is 300 g/mol. The Labute approximate surface area is 126 Å². The van der Waals surface area contributed by atoms with Crippen molar-refractivity contribution in [2.45, 2.75) is 46.0 Å². The minimum atomic E-state index is 0.712. The highest BCUT2D eigenvalue weighted by Gasteiger charge is 2.11. The first-order valence-electron chi connectivity index (χ1n) is 7.46. The van der Waals surface area contributed by atoms with Crippen LogP contribution in [-0.4, -0.2) is 19.6 Å². The number of hydrogen-bond acceptors (Lipinski definition) is 2. The molecule has 1 aromatic rings. The molecule has 0 fully saturated rings. The molecule has 0 saturated carbocycles. The van der Waals surface area contributed by atoms with Crippen LogP contribution in [0.2, 0.25) is 0 Å². The molecule has 0 saturated heterocycles. The van der Waals surface area contributed by atoms with Gasteiger partial charge in [-0.05, 0) is 43.5 Å². The van der Waals surface area contributed by atoms with Crippen LogP contribution < -0.4 is 10.6 Å². The van der Waals surface area contributed by atoms with E-state index in [1.807, 2.05) is 0 Å². The van der Waals surface area contributed by atoms with E-state index in [9.17, 15) is 0 Å². The summed E-state index contributed by atoms with van der Waals surface area (Å²) in [6, 6.07) is 6.57. The second kappa shape index (κ2) is 9.38. The van der Waals surface area contributed by atoms with Crippen molar-refractivity contribution in [2.75, 3.05) is 24.5 Å². The van der Waals surface area contributed by atoms with E-state index in [1.165, 1.54) is 36.9 Å². The molecule has 0 radical (unpaired) electrons. The molecule has 0 atom stereocenters. The summed E-state index contributed by atoms with van der Waals surface area (Å²) in [6.07, 6.45) is 5.93. The van der Waals surface area contributed by atoms with E-state index < -0.39 is 0 Å². The summed E-state index contributed by atoms with van der Waals surface area (Å²) >= 11 is 3.59. The monoisotopic (exact) mass is 326 g/mol. The van der Waals surface area contributed by atoms with Gasteiger partial charge in [0.15, 0.2) is 0 Å². The predicted octanol–water partition coefficient (Wildman–Crippen LogP) is 4.36. The number of nitrogens with two attached hydrogens (primary N) is 1. The summed E-state index contributed by atoms with van der Waals surface area (Å²) in [4.78, 5) is 2.53. The van der Waals surface area contributed by atoms with Crippen molar-refractivity contribution in [1.82, 2.24) is 0 Å². The number of unbranched alkanes of at least 4 members (excludes halogenated alkanes) is 2. The smallest absolute Gasteiger partial charge is 0.0410 e. The molecule has 108 valence electrons. The number of hydrogen-bond donors (Lipinski definition) is 1. The fourth-order valence-electron chi connectivity index (χ4n) is 2.25. The third kappa shape index (κ3) is 5.53. The van der Waals surface area contributed by atoms with Crippen molar-refractivity contribution >= 4 is 21.6 Å². The maximum atomic E-state index is 5.74. The van der Waals surface area contributed by atoms with Crippen LogP contribution in [0, 0.1) is 0 Å². The van der Waals surface area contributed by atoms with Gasteiger partial charge in [-0.25, -0.2) is 0 Å². The molecule has 1 aromatic carbocycles. The highest BCUT2D eigenvalue weighted by Crippen LogP contribution is 2.26. The van der Waals surface area contributed by atoms with E-state index >= 15 is 0 Å². The summed E-state index contributed by atoms with van der Waals surface area (Å²) < 4.78 is 1.15. The van der Waals surface area contributed by atoms with Gasteiger partial charge in [-0.3, -0.25) is 0 Å². The molecule has 0 aliphatic rings. The molecule has 0 bridgehead atoms. The molecule has 19 heavy (non-hydrogen) atoms. The summed E-state index contributed by atoms with van der Waals surface area (Å²) in [7, 11) is 0. The van der Waals surface area contributed by atoms with Gasteiger partial charge >= 0.3 is 0 Å². The molecule has 3 heteroatoms. The van der Waals surface area contributed by atoms with E-state index in [2.05, 4.69) is 52.9 Å². The number of benzene rings is 1. The van der Waals surface area contributed by atoms with Gasteiger partial charge in [-0.15, -0.1) is 0 Å². The Kier molecular flexibility index (Phi) is 8.15. The Morgan fingerprint density at radius 2 is 1.74 bits per heavy atom. The topological polar surface area (TPSA) is 29.3 Å². The lowest BCUT2D eigenvalue weighted by molar-refractivity contribution is 0.675. The van der Waals surface area contributed by atoms with Gasteiger partial charge < -0.3 is 10.6 Å². The zero-order valence-corrected chi connectivity index (χ0v) is 13.9. The van der Waals surface area contributed by atoms with Crippen LogP contribution in [-0.2, 0) is 6.42 Å². The van der Waals surface area contributed by atoms with E-state index in [1.54, 1.807) is 0 Å². The van der Waals surface area contributed by atoms with Crippen molar-refractivity contribution in [2.24, 2.45) is 5.73 Å². The molecular formula is C16H27BrN2. The highest BCUT2D eigenvalue weighted by atomic mass is 79.9. The van der Waals surface area contributed by atoms with Crippen molar-refractivity contribution in [1.29, 1.82) is 0 Å². The zero-order valence-electron chi connectivity index (χ0n) is 12.3. The fourth-order valence-corrected chi connectivity index (χ4v) is 2.60. The molecule has 0 aliphatic heterocycles.